The number of hydrogen-bond acceptors (Lipinski definition) is 2. The third kappa shape index (κ3) is 2.10. The molecule has 0 atom stereocenters. The van der Waals surface area contributed by atoms with Gasteiger partial charge in [0.2, 0.25) is 0 Å². The smallest absolute Gasteiger partial charge is 0.141 e. The molecule has 2 N–H and O–H groups in total. The van der Waals surface area contributed by atoms with E-state index < -0.39 is 0 Å². The average molecular weight is 330 g/mol. The minimum Gasteiger partial charge on any atom is -0.398 e. The van der Waals surface area contributed by atoms with Crippen molar-refractivity contribution in [2.75, 3.05) is 5.73 Å². The molecule has 1 aromatic heterocycles. The van der Waals surface area contributed by atoms with Crippen LogP contribution in [0, 0.1) is 6.92 Å². The summed E-state index contributed by atoms with van der Waals surface area (Å²) in [6, 6.07) is 12.3. The Morgan fingerprint density at radius 2 is 2.00 bits per heavy atom. The zero-order valence-corrected chi connectivity index (χ0v) is 13.1. The van der Waals surface area contributed by atoms with Crippen molar-refractivity contribution in [1.82, 2.24) is 9.55 Å². The van der Waals surface area contributed by atoms with Gasteiger partial charge in [0.25, 0.3) is 0 Å². The molecule has 0 amide bonds. The molecule has 0 aliphatic carbocycles. The maximum Gasteiger partial charge on any atom is 0.141 e. The molecule has 0 bridgehead atoms. The molecule has 0 aliphatic heterocycles. The van der Waals surface area contributed by atoms with Gasteiger partial charge in [0, 0.05) is 22.3 Å². The monoisotopic (exact) mass is 329 g/mol. The Balaban J connectivity index is 2.26. The van der Waals surface area contributed by atoms with E-state index in [0.717, 1.165) is 39.1 Å². The predicted molar refractivity (Wildman–Crippen MR) is 87.7 cm³/mol. The fraction of sp³-hybridized carbons (Fsp3) is 0.188. The SMILES string of the molecule is CCn1c(-c2ccc(Br)c(N)c2)nc2cc(C)ccc21. The van der Waals surface area contributed by atoms with Gasteiger partial charge in [0.1, 0.15) is 5.82 Å². The van der Waals surface area contributed by atoms with Crippen LogP contribution in [0.25, 0.3) is 22.4 Å². The lowest BCUT2D eigenvalue weighted by atomic mass is 10.2. The van der Waals surface area contributed by atoms with E-state index in [4.69, 9.17) is 10.7 Å². The summed E-state index contributed by atoms with van der Waals surface area (Å²) >= 11 is 3.43. The van der Waals surface area contributed by atoms with Crippen LogP contribution in [0.15, 0.2) is 40.9 Å². The van der Waals surface area contributed by atoms with Gasteiger partial charge in [-0.1, -0.05) is 6.07 Å². The van der Waals surface area contributed by atoms with Gasteiger partial charge >= 0.3 is 0 Å². The third-order valence-corrected chi connectivity index (χ3v) is 4.20. The first-order valence-corrected chi connectivity index (χ1v) is 7.41. The van der Waals surface area contributed by atoms with Gasteiger partial charge in [0.15, 0.2) is 0 Å². The van der Waals surface area contributed by atoms with Crippen LogP contribution < -0.4 is 5.73 Å². The largest absolute Gasteiger partial charge is 0.398 e. The van der Waals surface area contributed by atoms with Gasteiger partial charge in [-0.15, -0.1) is 0 Å². The Morgan fingerprint density at radius 3 is 2.70 bits per heavy atom. The van der Waals surface area contributed by atoms with E-state index in [0.29, 0.717) is 0 Å². The van der Waals surface area contributed by atoms with Crippen molar-refractivity contribution in [3.8, 4) is 11.4 Å². The first kappa shape index (κ1) is 13.2. The molecule has 0 radical (unpaired) electrons. The molecule has 20 heavy (non-hydrogen) atoms. The van der Waals surface area contributed by atoms with E-state index in [1.54, 1.807) is 0 Å². The van der Waals surface area contributed by atoms with E-state index in [1.165, 1.54) is 5.56 Å². The summed E-state index contributed by atoms with van der Waals surface area (Å²) in [5.74, 6) is 0.965. The van der Waals surface area contributed by atoms with Crippen molar-refractivity contribution in [3.63, 3.8) is 0 Å². The molecule has 4 heteroatoms. The van der Waals surface area contributed by atoms with Gasteiger partial charge in [-0.2, -0.15) is 0 Å². The lowest BCUT2D eigenvalue weighted by Gasteiger charge is -2.07. The summed E-state index contributed by atoms with van der Waals surface area (Å²) < 4.78 is 3.13. The molecule has 3 nitrogen and oxygen atoms in total. The lowest BCUT2D eigenvalue weighted by molar-refractivity contribution is 0.796. The fourth-order valence-corrected chi connectivity index (χ4v) is 2.71. The highest BCUT2D eigenvalue weighted by atomic mass is 79.9. The topological polar surface area (TPSA) is 43.8 Å². The Morgan fingerprint density at radius 1 is 1.20 bits per heavy atom. The summed E-state index contributed by atoms with van der Waals surface area (Å²) in [5, 5.41) is 0. The molecule has 0 saturated heterocycles. The normalized spacial score (nSPS) is 11.2. The van der Waals surface area contributed by atoms with Crippen LogP contribution in [0.2, 0.25) is 0 Å². The molecule has 2 aromatic carbocycles. The third-order valence-electron chi connectivity index (χ3n) is 3.47. The van der Waals surface area contributed by atoms with Crippen LogP contribution in [-0.4, -0.2) is 9.55 Å². The number of nitrogens with zero attached hydrogens (tertiary/aromatic N) is 2. The van der Waals surface area contributed by atoms with Crippen molar-refractivity contribution in [2.24, 2.45) is 0 Å². The summed E-state index contributed by atoms with van der Waals surface area (Å²) in [6.07, 6.45) is 0. The summed E-state index contributed by atoms with van der Waals surface area (Å²) in [5.41, 5.74) is 11.2. The number of hydrogen-bond donors (Lipinski definition) is 1. The number of halogens is 1. The van der Waals surface area contributed by atoms with Gasteiger partial charge in [-0.05, 0) is 65.7 Å². The highest BCUT2D eigenvalue weighted by Crippen LogP contribution is 2.29. The van der Waals surface area contributed by atoms with Crippen LogP contribution in [0.4, 0.5) is 5.69 Å². The summed E-state index contributed by atoms with van der Waals surface area (Å²) in [4.78, 5) is 4.78. The van der Waals surface area contributed by atoms with Gasteiger partial charge in [0.05, 0.1) is 11.0 Å². The van der Waals surface area contributed by atoms with Crippen molar-refractivity contribution >= 4 is 32.7 Å². The van der Waals surface area contributed by atoms with Gasteiger partial charge < -0.3 is 10.3 Å². The second kappa shape index (κ2) is 4.94. The highest BCUT2D eigenvalue weighted by molar-refractivity contribution is 9.10. The number of nitrogens with two attached hydrogens (primary N) is 1. The fourth-order valence-electron chi connectivity index (χ4n) is 2.46. The maximum atomic E-state index is 5.98. The number of aromatic nitrogens is 2. The van der Waals surface area contributed by atoms with Crippen LogP contribution in [0.5, 0.6) is 0 Å². The summed E-state index contributed by atoms with van der Waals surface area (Å²) in [6.45, 7) is 5.10. The quantitative estimate of drug-likeness (QED) is 0.709. The molecule has 1 heterocycles. The highest BCUT2D eigenvalue weighted by Gasteiger charge is 2.12. The Bertz CT molecular complexity index is 790. The van der Waals surface area contributed by atoms with E-state index in [9.17, 15) is 0 Å². The number of imidazole rings is 1. The van der Waals surface area contributed by atoms with Crippen molar-refractivity contribution in [1.29, 1.82) is 0 Å². The predicted octanol–water partition coefficient (Wildman–Crippen LogP) is 4.38. The number of nitrogen functional groups attached to an aromatic ring is 1. The zero-order valence-electron chi connectivity index (χ0n) is 11.5. The molecular weight excluding hydrogens is 314 g/mol. The average Bonchev–Trinajstić information content (AvgIpc) is 2.79. The van der Waals surface area contributed by atoms with Crippen LogP contribution >= 0.6 is 15.9 Å². The number of fused-ring (bicyclic) bond motifs is 1. The first-order chi connectivity index (χ1) is 9.60. The second-order valence-electron chi connectivity index (χ2n) is 4.91. The lowest BCUT2D eigenvalue weighted by Crippen LogP contribution is -1.98. The molecule has 102 valence electrons. The van der Waals surface area contributed by atoms with Crippen LogP contribution in [0.1, 0.15) is 12.5 Å². The molecule has 0 spiro atoms. The maximum absolute atomic E-state index is 5.98. The minimum absolute atomic E-state index is 0.730. The van der Waals surface area contributed by atoms with Gasteiger partial charge in [-0.3, -0.25) is 0 Å². The molecule has 0 saturated carbocycles. The van der Waals surface area contributed by atoms with Crippen LogP contribution in [-0.2, 0) is 6.54 Å². The Hall–Kier alpha value is -1.81. The van der Waals surface area contributed by atoms with Crippen molar-refractivity contribution < 1.29 is 0 Å². The Kier molecular flexibility index (Phi) is 3.26. The van der Waals surface area contributed by atoms with Crippen LogP contribution in [0.3, 0.4) is 0 Å². The van der Waals surface area contributed by atoms with E-state index in [2.05, 4.69) is 52.5 Å². The minimum atomic E-state index is 0.730. The van der Waals surface area contributed by atoms with Crippen molar-refractivity contribution in [3.05, 3.63) is 46.4 Å². The Labute approximate surface area is 126 Å². The molecule has 0 fully saturated rings. The molecule has 3 aromatic rings. The van der Waals surface area contributed by atoms with E-state index >= 15 is 0 Å². The van der Waals surface area contributed by atoms with Crippen molar-refractivity contribution in [2.45, 2.75) is 20.4 Å². The number of rotatable bonds is 2. The number of aryl methyl sites for hydroxylation is 2. The second-order valence-corrected chi connectivity index (χ2v) is 5.76. The molecule has 0 unspecified atom stereocenters. The van der Waals surface area contributed by atoms with E-state index in [1.807, 2.05) is 18.2 Å². The molecular formula is C16H16BrN3. The van der Waals surface area contributed by atoms with E-state index in [-0.39, 0.29) is 0 Å². The van der Waals surface area contributed by atoms with Gasteiger partial charge in [-0.25, -0.2) is 4.98 Å². The molecule has 0 aliphatic rings. The zero-order chi connectivity index (χ0) is 14.3. The number of anilines is 1. The standard InChI is InChI=1S/C16H16BrN3/c1-3-20-15-7-4-10(2)8-14(15)19-16(20)11-5-6-12(17)13(18)9-11/h4-9H,3,18H2,1-2H3. The molecule has 3 rings (SSSR count). The summed E-state index contributed by atoms with van der Waals surface area (Å²) in [7, 11) is 0. The number of benzene rings is 2. The first-order valence-electron chi connectivity index (χ1n) is 6.62.